The lowest BCUT2D eigenvalue weighted by Gasteiger charge is -2.14. The molecule has 0 radical (unpaired) electrons. The topological polar surface area (TPSA) is 68.3 Å². The summed E-state index contributed by atoms with van der Waals surface area (Å²) in [5, 5.41) is 2.56. The monoisotopic (exact) mass is 234 g/mol. The fraction of sp³-hybridized carbons (Fsp3) is 0.250. The van der Waals surface area contributed by atoms with Gasteiger partial charge in [0.25, 0.3) is 5.91 Å². The lowest BCUT2D eigenvalue weighted by Crippen LogP contribution is -2.41. The first-order valence-electron chi connectivity index (χ1n) is 5.08. The number of hydrogen-bond donors (Lipinski definition) is 1. The molecule has 1 N–H and O–H groups in total. The van der Waals surface area contributed by atoms with Crippen molar-refractivity contribution in [3.8, 4) is 0 Å². The van der Waals surface area contributed by atoms with E-state index in [0.717, 1.165) is 0 Å². The van der Waals surface area contributed by atoms with Crippen LogP contribution in [0.15, 0.2) is 37.2 Å². The average molecular weight is 234 g/mol. The molecule has 0 aliphatic heterocycles. The van der Waals surface area contributed by atoms with E-state index in [1.807, 2.05) is 0 Å². The summed E-state index contributed by atoms with van der Waals surface area (Å²) in [4.78, 5) is 27.0. The van der Waals surface area contributed by atoms with E-state index < -0.39 is 12.0 Å². The van der Waals surface area contributed by atoms with Crippen molar-refractivity contribution in [2.75, 3.05) is 7.11 Å². The van der Waals surface area contributed by atoms with Gasteiger partial charge in [0, 0.05) is 12.4 Å². The van der Waals surface area contributed by atoms with Gasteiger partial charge in [-0.25, -0.2) is 4.79 Å². The van der Waals surface area contributed by atoms with Crippen molar-refractivity contribution in [3.05, 3.63) is 42.7 Å². The van der Waals surface area contributed by atoms with Gasteiger partial charge in [-0.15, -0.1) is 6.58 Å². The van der Waals surface area contributed by atoms with Crippen molar-refractivity contribution in [1.82, 2.24) is 10.3 Å². The standard InChI is InChI=1S/C12H14N2O3/c1-3-5-10(12(16)17-2)14-11(15)9-6-4-7-13-8-9/h3-4,6-8,10H,1,5H2,2H3,(H,14,15)/t10-/m0/s1. The number of aromatic nitrogens is 1. The fourth-order valence-corrected chi connectivity index (χ4v) is 1.26. The van der Waals surface area contributed by atoms with Gasteiger partial charge in [0.2, 0.25) is 0 Å². The number of nitrogens with zero attached hydrogens (tertiary/aromatic N) is 1. The lowest BCUT2D eigenvalue weighted by molar-refractivity contribution is -0.142. The van der Waals surface area contributed by atoms with Gasteiger partial charge in [-0.1, -0.05) is 6.08 Å². The van der Waals surface area contributed by atoms with Crippen LogP contribution in [-0.2, 0) is 9.53 Å². The highest BCUT2D eigenvalue weighted by Crippen LogP contribution is 2.00. The highest BCUT2D eigenvalue weighted by molar-refractivity contribution is 5.96. The molecule has 17 heavy (non-hydrogen) atoms. The molecule has 1 rings (SSSR count). The Hall–Kier alpha value is -2.17. The highest BCUT2D eigenvalue weighted by atomic mass is 16.5. The van der Waals surface area contributed by atoms with Crippen LogP contribution in [0.4, 0.5) is 0 Å². The highest BCUT2D eigenvalue weighted by Gasteiger charge is 2.20. The molecule has 5 heteroatoms. The molecule has 0 saturated carbocycles. The largest absolute Gasteiger partial charge is 0.467 e. The normalized spacial score (nSPS) is 11.4. The van der Waals surface area contributed by atoms with Crippen LogP contribution in [-0.4, -0.2) is 30.0 Å². The van der Waals surface area contributed by atoms with Crippen LogP contribution in [0.5, 0.6) is 0 Å². The van der Waals surface area contributed by atoms with Crippen LogP contribution in [0.25, 0.3) is 0 Å². The summed E-state index contributed by atoms with van der Waals surface area (Å²) in [6, 6.07) is 2.55. The molecule has 0 aliphatic carbocycles. The van der Waals surface area contributed by atoms with Crippen LogP contribution in [0, 0.1) is 0 Å². The van der Waals surface area contributed by atoms with E-state index in [4.69, 9.17) is 0 Å². The van der Waals surface area contributed by atoms with Crippen LogP contribution in [0.3, 0.4) is 0 Å². The zero-order chi connectivity index (χ0) is 12.7. The third-order valence-corrected chi connectivity index (χ3v) is 2.12. The van der Waals surface area contributed by atoms with Crippen LogP contribution in [0.1, 0.15) is 16.8 Å². The zero-order valence-corrected chi connectivity index (χ0v) is 9.55. The van der Waals surface area contributed by atoms with E-state index in [9.17, 15) is 9.59 Å². The third kappa shape index (κ3) is 3.71. The third-order valence-electron chi connectivity index (χ3n) is 2.12. The van der Waals surface area contributed by atoms with Crippen molar-refractivity contribution in [3.63, 3.8) is 0 Å². The molecule has 1 heterocycles. The van der Waals surface area contributed by atoms with E-state index in [1.165, 1.54) is 13.3 Å². The van der Waals surface area contributed by atoms with Crippen LogP contribution < -0.4 is 5.32 Å². The second-order valence-corrected chi connectivity index (χ2v) is 3.32. The maximum absolute atomic E-state index is 11.8. The molecule has 1 amide bonds. The van der Waals surface area contributed by atoms with E-state index >= 15 is 0 Å². The zero-order valence-electron chi connectivity index (χ0n) is 9.55. The molecule has 90 valence electrons. The number of carbonyl (C=O) groups excluding carboxylic acids is 2. The Morgan fingerprint density at radius 1 is 1.65 bits per heavy atom. The lowest BCUT2D eigenvalue weighted by atomic mass is 10.2. The Morgan fingerprint density at radius 3 is 2.94 bits per heavy atom. The molecular formula is C12H14N2O3. The number of amides is 1. The summed E-state index contributed by atoms with van der Waals surface area (Å²) in [7, 11) is 1.27. The Morgan fingerprint density at radius 2 is 2.41 bits per heavy atom. The number of ether oxygens (including phenoxy) is 1. The molecule has 0 fully saturated rings. The van der Waals surface area contributed by atoms with Gasteiger partial charge in [0.15, 0.2) is 0 Å². The first kappa shape index (κ1) is 12.9. The van der Waals surface area contributed by atoms with Crippen LogP contribution >= 0.6 is 0 Å². The van der Waals surface area contributed by atoms with Gasteiger partial charge in [0.05, 0.1) is 12.7 Å². The van der Waals surface area contributed by atoms with Gasteiger partial charge in [0.1, 0.15) is 6.04 Å². The number of pyridine rings is 1. The van der Waals surface area contributed by atoms with E-state index in [1.54, 1.807) is 24.4 Å². The molecule has 5 nitrogen and oxygen atoms in total. The first-order chi connectivity index (χ1) is 8.19. The van der Waals surface area contributed by atoms with Gasteiger partial charge >= 0.3 is 5.97 Å². The number of nitrogens with one attached hydrogen (secondary N) is 1. The minimum Gasteiger partial charge on any atom is -0.467 e. The molecule has 1 aromatic rings. The summed E-state index contributed by atoms with van der Waals surface area (Å²) in [5.74, 6) is -0.863. The Bertz CT molecular complexity index is 403. The minimum absolute atomic E-state index is 0.318. The van der Waals surface area contributed by atoms with Crippen molar-refractivity contribution < 1.29 is 14.3 Å². The summed E-state index contributed by atoms with van der Waals surface area (Å²) in [6.45, 7) is 3.53. The predicted molar refractivity (Wildman–Crippen MR) is 62.3 cm³/mol. The smallest absolute Gasteiger partial charge is 0.328 e. The maximum atomic E-state index is 11.8. The minimum atomic E-state index is -0.717. The summed E-state index contributed by atoms with van der Waals surface area (Å²) >= 11 is 0. The van der Waals surface area contributed by atoms with Gasteiger partial charge in [-0.2, -0.15) is 0 Å². The fourth-order valence-electron chi connectivity index (χ4n) is 1.26. The van der Waals surface area contributed by atoms with Crippen molar-refractivity contribution in [2.45, 2.75) is 12.5 Å². The van der Waals surface area contributed by atoms with Crippen molar-refractivity contribution in [1.29, 1.82) is 0 Å². The Kier molecular flexibility index (Phi) is 4.87. The quantitative estimate of drug-likeness (QED) is 0.608. The summed E-state index contributed by atoms with van der Waals surface area (Å²) in [6.07, 6.45) is 4.86. The molecule has 0 unspecified atom stereocenters. The number of methoxy groups -OCH3 is 1. The summed E-state index contributed by atoms with van der Waals surface area (Å²) in [5.41, 5.74) is 0.394. The molecule has 0 aliphatic rings. The summed E-state index contributed by atoms with van der Waals surface area (Å²) < 4.78 is 4.58. The molecule has 0 aromatic carbocycles. The van der Waals surface area contributed by atoms with Gasteiger partial charge in [-0.05, 0) is 18.6 Å². The van der Waals surface area contributed by atoms with Crippen molar-refractivity contribution in [2.24, 2.45) is 0 Å². The molecular weight excluding hydrogens is 220 g/mol. The Labute approximate surface area is 99.5 Å². The number of rotatable bonds is 5. The molecule has 0 bridgehead atoms. The second-order valence-electron chi connectivity index (χ2n) is 3.32. The first-order valence-corrected chi connectivity index (χ1v) is 5.08. The van der Waals surface area contributed by atoms with E-state index in [0.29, 0.717) is 12.0 Å². The maximum Gasteiger partial charge on any atom is 0.328 e. The number of esters is 1. The van der Waals surface area contributed by atoms with E-state index in [2.05, 4.69) is 21.6 Å². The number of carbonyl (C=O) groups is 2. The SMILES string of the molecule is C=CC[C@H](NC(=O)c1cccnc1)C(=O)OC. The second kappa shape index (κ2) is 6.42. The van der Waals surface area contributed by atoms with E-state index in [-0.39, 0.29) is 5.91 Å². The molecule has 1 atom stereocenters. The molecule has 0 spiro atoms. The molecule has 1 aromatic heterocycles. The van der Waals surface area contributed by atoms with Crippen LogP contribution in [0.2, 0.25) is 0 Å². The average Bonchev–Trinajstić information content (AvgIpc) is 2.38. The molecule has 0 saturated heterocycles. The van der Waals surface area contributed by atoms with Crippen molar-refractivity contribution >= 4 is 11.9 Å². The number of hydrogen-bond acceptors (Lipinski definition) is 4. The predicted octanol–water partition coefficient (Wildman–Crippen LogP) is 0.929. The van der Waals surface area contributed by atoms with Gasteiger partial charge < -0.3 is 10.1 Å². The van der Waals surface area contributed by atoms with Gasteiger partial charge in [-0.3, -0.25) is 9.78 Å². The Balaban J connectivity index is 2.71.